The molecule has 0 fully saturated rings. The molecule has 32 heavy (non-hydrogen) atoms. The zero-order valence-electron chi connectivity index (χ0n) is 16.9. The van der Waals surface area contributed by atoms with Gasteiger partial charge in [-0.15, -0.1) is 0 Å². The zero-order chi connectivity index (χ0) is 21.4. The summed E-state index contributed by atoms with van der Waals surface area (Å²) in [7, 11) is 0. The molecule has 4 heteroatoms. The highest BCUT2D eigenvalue weighted by molar-refractivity contribution is 6.28. The fraction of sp³-hybridized carbons (Fsp3) is 0. The summed E-state index contributed by atoms with van der Waals surface area (Å²) in [5, 5.41) is 18.7. The monoisotopic (exact) mass is 412 g/mol. The minimum Gasteiger partial charge on any atom is -0.308 e. The third kappa shape index (κ3) is 2.11. The summed E-state index contributed by atoms with van der Waals surface area (Å²) < 4.78 is 2.37. The Morgan fingerprint density at radius 3 is 2.34 bits per heavy atom. The van der Waals surface area contributed by atoms with Crippen LogP contribution in [0.15, 0.2) is 97.1 Å². The van der Waals surface area contributed by atoms with Crippen LogP contribution in [0, 0.1) is 10.1 Å². The molecular weight excluding hydrogens is 396 g/mol. The molecule has 0 amide bonds. The van der Waals surface area contributed by atoms with E-state index in [-0.39, 0.29) is 10.6 Å². The van der Waals surface area contributed by atoms with Crippen LogP contribution < -0.4 is 0 Å². The Morgan fingerprint density at radius 1 is 0.656 bits per heavy atom. The Kier molecular flexibility index (Phi) is 3.26. The Morgan fingerprint density at radius 2 is 1.44 bits per heavy atom. The van der Waals surface area contributed by atoms with Gasteiger partial charge in [-0.2, -0.15) is 0 Å². The molecule has 7 aromatic rings. The number of nitrogens with zero attached hydrogens (tertiary/aromatic N) is 2. The van der Waals surface area contributed by atoms with Crippen molar-refractivity contribution in [3.63, 3.8) is 0 Å². The standard InChI is InChI=1S/C28H16N2O2/c31-30(32)25-11-4-1-6-19(25)17-12-14-20-18(16-17)13-15-26-27(20)23-9-5-8-22-21-7-2-3-10-24(21)29(26)28(22)23/h1-16H. The van der Waals surface area contributed by atoms with Crippen LogP contribution in [0.3, 0.4) is 0 Å². The summed E-state index contributed by atoms with van der Waals surface area (Å²) in [6.07, 6.45) is 0. The zero-order valence-corrected chi connectivity index (χ0v) is 16.9. The quantitative estimate of drug-likeness (QED) is 0.217. The number of fused-ring (bicyclic) bond motifs is 8. The van der Waals surface area contributed by atoms with Crippen LogP contribution in [0.4, 0.5) is 5.69 Å². The third-order valence-corrected chi connectivity index (χ3v) is 6.61. The molecule has 7 rings (SSSR count). The Hall–Kier alpha value is -4.44. The lowest BCUT2D eigenvalue weighted by Crippen LogP contribution is -1.91. The van der Waals surface area contributed by atoms with Gasteiger partial charge in [-0.3, -0.25) is 10.1 Å². The molecule has 2 heterocycles. The van der Waals surface area contributed by atoms with E-state index in [2.05, 4.69) is 71.1 Å². The summed E-state index contributed by atoms with van der Waals surface area (Å²) in [4.78, 5) is 11.2. The van der Waals surface area contributed by atoms with E-state index in [1.165, 1.54) is 38.1 Å². The molecule has 0 bridgehead atoms. The average Bonchev–Trinajstić information content (AvgIpc) is 3.36. The number of nitro benzene ring substituents is 1. The van der Waals surface area contributed by atoms with Gasteiger partial charge in [0.2, 0.25) is 0 Å². The average molecular weight is 412 g/mol. The Bertz CT molecular complexity index is 1860. The van der Waals surface area contributed by atoms with E-state index in [9.17, 15) is 10.1 Å². The number of para-hydroxylation sites is 3. The molecule has 4 nitrogen and oxygen atoms in total. The maximum atomic E-state index is 11.5. The van der Waals surface area contributed by atoms with Crippen molar-refractivity contribution in [3.8, 4) is 11.1 Å². The molecule has 0 saturated carbocycles. The van der Waals surface area contributed by atoms with Gasteiger partial charge in [0.25, 0.3) is 5.69 Å². The van der Waals surface area contributed by atoms with Gasteiger partial charge < -0.3 is 4.40 Å². The van der Waals surface area contributed by atoms with Gasteiger partial charge in [-0.05, 0) is 40.6 Å². The molecule has 2 aromatic heterocycles. The summed E-state index contributed by atoms with van der Waals surface area (Å²) >= 11 is 0. The summed E-state index contributed by atoms with van der Waals surface area (Å²) in [5.41, 5.74) is 5.26. The number of nitro groups is 1. The number of rotatable bonds is 2. The van der Waals surface area contributed by atoms with Gasteiger partial charge in [0.1, 0.15) is 0 Å². The molecular formula is C28H16N2O2. The first-order valence-electron chi connectivity index (χ1n) is 10.6. The predicted octanol–water partition coefficient (Wildman–Crippen LogP) is 7.57. The molecule has 0 N–H and O–H groups in total. The SMILES string of the molecule is O=[N+]([O-])c1ccccc1-c1ccc2c(ccc3c2c2cccc4c5ccccc5n3c42)c1. The van der Waals surface area contributed by atoms with Crippen molar-refractivity contribution in [2.24, 2.45) is 0 Å². The van der Waals surface area contributed by atoms with E-state index in [0.717, 1.165) is 16.3 Å². The molecule has 0 unspecified atom stereocenters. The second-order valence-electron chi connectivity index (χ2n) is 8.22. The highest BCUT2D eigenvalue weighted by Gasteiger charge is 2.19. The van der Waals surface area contributed by atoms with Crippen LogP contribution in [-0.4, -0.2) is 9.32 Å². The number of benzene rings is 5. The lowest BCUT2D eigenvalue weighted by atomic mass is 9.97. The largest absolute Gasteiger partial charge is 0.308 e. The van der Waals surface area contributed by atoms with Crippen molar-refractivity contribution in [2.75, 3.05) is 0 Å². The molecule has 5 aromatic carbocycles. The highest BCUT2D eigenvalue weighted by atomic mass is 16.6. The Balaban J connectivity index is 1.59. The molecule has 0 aliphatic rings. The van der Waals surface area contributed by atoms with Gasteiger partial charge in [0.05, 0.1) is 27.0 Å². The molecule has 0 aliphatic carbocycles. The second-order valence-corrected chi connectivity index (χ2v) is 8.22. The topological polar surface area (TPSA) is 47.5 Å². The lowest BCUT2D eigenvalue weighted by Gasteiger charge is -2.07. The van der Waals surface area contributed by atoms with Crippen molar-refractivity contribution < 1.29 is 4.92 Å². The first kappa shape index (κ1) is 17.3. The van der Waals surface area contributed by atoms with E-state index >= 15 is 0 Å². The number of hydrogen-bond acceptors (Lipinski definition) is 2. The Labute approximate surface area is 182 Å². The van der Waals surface area contributed by atoms with Crippen LogP contribution in [0.25, 0.3) is 60.0 Å². The molecule has 0 radical (unpaired) electrons. The van der Waals surface area contributed by atoms with Crippen molar-refractivity contribution in [1.29, 1.82) is 0 Å². The van der Waals surface area contributed by atoms with Gasteiger partial charge in [-0.25, -0.2) is 0 Å². The normalized spacial score (nSPS) is 12.0. The van der Waals surface area contributed by atoms with Crippen LogP contribution >= 0.6 is 0 Å². The minimum absolute atomic E-state index is 0.125. The second kappa shape index (κ2) is 6.05. The van der Waals surface area contributed by atoms with Gasteiger partial charge in [-0.1, -0.05) is 66.7 Å². The molecule has 0 saturated heterocycles. The van der Waals surface area contributed by atoms with E-state index in [4.69, 9.17) is 0 Å². The molecule has 0 atom stereocenters. The van der Waals surface area contributed by atoms with Crippen LogP contribution in [0.1, 0.15) is 0 Å². The first-order chi connectivity index (χ1) is 15.7. The van der Waals surface area contributed by atoms with Crippen molar-refractivity contribution in [3.05, 3.63) is 107 Å². The van der Waals surface area contributed by atoms with Crippen LogP contribution in [0.2, 0.25) is 0 Å². The summed E-state index contributed by atoms with van der Waals surface area (Å²) in [5.74, 6) is 0. The highest BCUT2D eigenvalue weighted by Crippen LogP contribution is 2.42. The van der Waals surface area contributed by atoms with Gasteiger partial charge in [0.15, 0.2) is 0 Å². The van der Waals surface area contributed by atoms with Crippen molar-refractivity contribution in [2.45, 2.75) is 0 Å². The lowest BCUT2D eigenvalue weighted by molar-refractivity contribution is -0.384. The maximum absolute atomic E-state index is 11.5. The van der Waals surface area contributed by atoms with E-state index in [1.807, 2.05) is 18.2 Å². The fourth-order valence-electron chi connectivity index (χ4n) is 5.30. The van der Waals surface area contributed by atoms with E-state index in [0.29, 0.717) is 5.56 Å². The summed E-state index contributed by atoms with van der Waals surface area (Å²) in [6.45, 7) is 0. The van der Waals surface area contributed by atoms with Crippen LogP contribution in [0.5, 0.6) is 0 Å². The summed E-state index contributed by atoms with van der Waals surface area (Å²) in [6, 6.07) is 32.4. The minimum atomic E-state index is -0.318. The van der Waals surface area contributed by atoms with Gasteiger partial charge in [0, 0.05) is 27.6 Å². The maximum Gasteiger partial charge on any atom is 0.277 e. The van der Waals surface area contributed by atoms with E-state index in [1.54, 1.807) is 12.1 Å². The number of aromatic nitrogens is 1. The van der Waals surface area contributed by atoms with Crippen LogP contribution in [-0.2, 0) is 0 Å². The third-order valence-electron chi connectivity index (χ3n) is 6.61. The van der Waals surface area contributed by atoms with Gasteiger partial charge >= 0.3 is 0 Å². The first-order valence-corrected chi connectivity index (χ1v) is 10.6. The molecule has 0 spiro atoms. The predicted molar refractivity (Wildman–Crippen MR) is 131 cm³/mol. The fourth-order valence-corrected chi connectivity index (χ4v) is 5.30. The number of hydrogen-bond donors (Lipinski definition) is 0. The molecule has 150 valence electrons. The smallest absolute Gasteiger partial charge is 0.277 e. The molecule has 0 aliphatic heterocycles. The van der Waals surface area contributed by atoms with Crippen molar-refractivity contribution in [1.82, 2.24) is 4.40 Å². The van der Waals surface area contributed by atoms with E-state index < -0.39 is 0 Å². The van der Waals surface area contributed by atoms with Crippen molar-refractivity contribution >= 4 is 54.6 Å².